The fourth-order valence-electron chi connectivity index (χ4n) is 2.83. The first-order chi connectivity index (χ1) is 15.5. The van der Waals surface area contributed by atoms with Crippen LogP contribution in [0.3, 0.4) is 0 Å². The molecule has 0 bridgehead atoms. The van der Waals surface area contributed by atoms with E-state index in [1.807, 2.05) is 0 Å². The van der Waals surface area contributed by atoms with Crippen molar-refractivity contribution in [2.75, 3.05) is 13.3 Å². The van der Waals surface area contributed by atoms with Gasteiger partial charge in [0.25, 0.3) is 11.8 Å². The molecule has 1 aromatic heterocycles. The lowest BCUT2D eigenvalue weighted by molar-refractivity contribution is 0.0944. The zero-order valence-corrected chi connectivity index (χ0v) is 17.4. The van der Waals surface area contributed by atoms with Gasteiger partial charge in [0.2, 0.25) is 0 Å². The van der Waals surface area contributed by atoms with Gasteiger partial charge in [-0.2, -0.15) is 0 Å². The van der Waals surface area contributed by atoms with Gasteiger partial charge >= 0.3 is 0 Å². The van der Waals surface area contributed by atoms with E-state index >= 15 is 0 Å². The monoisotopic (exact) mass is 439 g/mol. The summed E-state index contributed by atoms with van der Waals surface area (Å²) in [7, 11) is 0. The minimum atomic E-state index is -0.567. The highest BCUT2D eigenvalue weighted by Crippen LogP contribution is 2.12. The Kier molecular flexibility index (Phi) is 7.80. The molecule has 0 atom stereocenters. The Morgan fingerprint density at radius 2 is 1.50 bits per heavy atom. The highest BCUT2D eigenvalue weighted by molar-refractivity contribution is 5.97. The Bertz CT molecular complexity index is 1090. The summed E-state index contributed by atoms with van der Waals surface area (Å²) >= 11 is 0. The second-order valence-corrected chi connectivity index (χ2v) is 6.92. The highest BCUT2D eigenvalue weighted by Gasteiger charge is 2.13. The van der Waals surface area contributed by atoms with Crippen LogP contribution in [0.1, 0.15) is 37.7 Å². The first kappa shape index (κ1) is 22.8. The van der Waals surface area contributed by atoms with Gasteiger partial charge in [0.1, 0.15) is 42.6 Å². The van der Waals surface area contributed by atoms with Gasteiger partial charge in [-0.25, -0.2) is 18.7 Å². The summed E-state index contributed by atoms with van der Waals surface area (Å²) in [6, 6.07) is 12.8. The van der Waals surface area contributed by atoms with E-state index in [1.54, 1.807) is 43.3 Å². The summed E-state index contributed by atoms with van der Waals surface area (Å²) in [6.07, 6.45) is 1.14. The second kappa shape index (κ2) is 10.9. The molecule has 1 heterocycles. The molecule has 0 spiro atoms. The molecule has 0 saturated heterocycles. The number of benzene rings is 2. The maximum Gasteiger partial charge on any atom is 0.270 e. The molecule has 166 valence electrons. The SMILES string of the molecule is Cc1cc(CNC(=O)c2cc(C(=O)NCc3ccc(OCC[18F])cc3)ncn2)ccc1F. The van der Waals surface area contributed by atoms with Crippen molar-refractivity contribution in [3.8, 4) is 5.75 Å². The summed E-state index contributed by atoms with van der Waals surface area (Å²) in [5.41, 5.74) is 2.13. The number of nitrogens with one attached hydrogen (secondary N) is 2. The molecule has 0 fully saturated rings. The van der Waals surface area contributed by atoms with Crippen LogP contribution in [0.15, 0.2) is 54.9 Å². The number of carbonyl (C=O) groups is 2. The predicted molar refractivity (Wildman–Crippen MR) is 113 cm³/mol. The minimum Gasteiger partial charge on any atom is -0.491 e. The summed E-state index contributed by atoms with van der Waals surface area (Å²) in [6.45, 7) is 1.49. The lowest BCUT2D eigenvalue weighted by Gasteiger charge is -2.08. The standard InChI is InChI=1S/C23H22F2N4O3/c1-15-10-17(4-7-19(15)25)13-27-23(31)21-11-20(28-14-29-21)22(30)26-12-16-2-5-18(6-3-16)32-9-8-24/h2-7,10-11,14H,8-9,12-13H2,1H3,(H,26,30)(H,27,31)/i24-1. The molecule has 3 rings (SSSR count). The number of aryl methyl sites for hydroxylation is 1. The van der Waals surface area contributed by atoms with Crippen LogP contribution in [0, 0.1) is 12.7 Å². The van der Waals surface area contributed by atoms with Crippen molar-refractivity contribution in [2.24, 2.45) is 0 Å². The predicted octanol–water partition coefficient (Wildman–Crippen LogP) is 3.13. The summed E-state index contributed by atoms with van der Waals surface area (Å²) in [5.74, 6) is -0.715. The van der Waals surface area contributed by atoms with Crippen molar-refractivity contribution in [3.63, 3.8) is 0 Å². The number of halogens is 2. The van der Waals surface area contributed by atoms with Gasteiger partial charge in [0.05, 0.1) is 0 Å². The number of alkyl halides is 1. The van der Waals surface area contributed by atoms with E-state index in [1.165, 1.54) is 12.1 Å². The quantitative estimate of drug-likeness (QED) is 0.534. The van der Waals surface area contributed by atoms with E-state index in [2.05, 4.69) is 20.6 Å². The smallest absolute Gasteiger partial charge is 0.270 e. The summed E-state index contributed by atoms with van der Waals surface area (Å²) in [4.78, 5) is 32.6. The Labute approximate surface area is 183 Å². The number of hydrogen-bond acceptors (Lipinski definition) is 5. The normalized spacial score (nSPS) is 10.5. The Hall–Kier alpha value is -3.88. The maximum atomic E-state index is 13.4. The van der Waals surface area contributed by atoms with Crippen LogP contribution in [0.5, 0.6) is 5.75 Å². The number of hydrogen-bond donors (Lipinski definition) is 2. The van der Waals surface area contributed by atoms with E-state index in [9.17, 15) is 18.4 Å². The Balaban J connectivity index is 1.55. The number of rotatable bonds is 9. The van der Waals surface area contributed by atoms with Crippen molar-refractivity contribution < 1.29 is 23.1 Å². The third-order valence-electron chi connectivity index (χ3n) is 4.53. The third-order valence-corrected chi connectivity index (χ3v) is 4.53. The fraction of sp³-hybridized carbons (Fsp3) is 0.217. The van der Waals surface area contributed by atoms with Gasteiger partial charge in [0, 0.05) is 19.2 Å². The van der Waals surface area contributed by atoms with E-state index < -0.39 is 18.5 Å². The van der Waals surface area contributed by atoms with Crippen molar-refractivity contribution in [1.82, 2.24) is 20.6 Å². The maximum absolute atomic E-state index is 13.4. The molecule has 9 heteroatoms. The largest absolute Gasteiger partial charge is 0.491 e. The first-order valence-electron chi connectivity index (χ1n) is 9.87. The van der Waals surface area contributed by atoms with Crippen LogP contribution in [0.2, 0.25) is 0 Å². The van der Waals surface area contributed by atoms with E-state index in [0.29, 0.717) is 11.3 Å². The van der Waals surface area contributed by atoms with Crippen LogP contribution in [-0.2, 0) is 13.1 Å². The molecule has 0 unspecified atom stereocenters. The number of amides is 2. The number of carbonyl (C=O) groups excluding carboxylic acids is 2. The first-order valence-corrected chi connectivity index (χ1v) is 9.87. The molecule has 2 amide bonds. The lowest BCUT2D eigenvalue weighted by Crippen LogP contribution is -2.27. The molecule has 0 saturated carbocycles. The van der Waals surface area contributed by atoms with Crippen LogP contribution in [0.4, 0.5) is 8.78 Å². The van der Waals surface area contributed by atoms with E-state index in [0.717, 1.165) is 17.5 Å². The van der Waals surface area contributed by atoms with Crippen LogP contribution in [-0.4, -0.2) is 35.1 Å². The molecule has 2 aromatic carbocycles. The van der Waals surface area contributed by atoms with Crippen molar-refractivity contribution in [3.05, 3.63) is 88.8 Å². The third kappa shape index (κ3) is 6.31. The summed E-state index contributed by atoms with van der Waals surface area (Å²) < 4.78 is 30.7. The molecule has 3 aromatic rings. The van der Waals surface area contributed by atoms with E-state index in [-0.39, 0.29) is 36.9 Å². The average molecular weight is 439 g/mol. The second-order valence-electron chi connectivity index (χ2n) is 6.92. The molecule has 0 aliphatic rings. The number of aromatic nitrogens is 2. The van der Waals surface area contributed by atoms with Gasteiger partial charge < -0.3 is 15.4 Å². The molecule has 7 nitrogen and oxygen atoms in total. The topological polar surface area (TPSA) is 93.2 Å². The number of nitrogens with zero attached hydrogens (tertiary/aromatic N) is 2. The molecular weight excluding hydrogens is 417 g/mol. The summed E-state index contributed by atoms with van der Waals surface area (Å²) in [5, 5.41) is 5.40. The Morgan fingerprint density at radius 1 is 0.906 bits per heavy atom. The average Bonchev–Trinajstić information content (AvgIpc) is 2.82. The highest BCUT2D eigenvalue weighted by atomic mass is 19.1. The Morgan fingerprint density at radius 3 is 2.09 bits per heavy atom. The van der Waals surface area contributed by atoms with E-state index in [4.69, 9.17) is 4.74 Å². The van der Waals surface area contributed by atoms with Crippen molar-refractivity contribution >= 4 is 11.8 Å². The van der Waals surface area contributed by atoms with Gasteiger partial charge in [-0.15, -0.1) is 0 Å². The zero-order chi connectivity index (χ0) is 22.9. The zero-order valence-electron chi connectivity index (χ0n) is 17.4. The molecule has 0 aliphatic carbocycles. The van der Waals surface area contributed by atoms with Gasteiger partial charge in [-0.1, -0.05) is 24.3 Å². The van der Waals surface area contributed by atoms with Crippen LogP contribution in [0.25, 0.3) is 0 Å². The van der Waals surface area contributed by atoms with Gasteiger partial charge in [-0.05, 0) is 41.8 Å². The van der Waals surface area contributed by atoms with Gasteiger partial charge in [-0.3, -0.25) is 9.59 Å². The molecule has 0 radical (unpaired) electrons. The molecule has 2 N–H and O–H groups in total. The molecular formula is C23H22F2N4O3. The van der Waals surface area contributed by atoms with Crippen molar-refractivity contribution in [2.45, 2.75) is 20.0 Å². The van der Waals surface area contributed by atoms with Gasteiger partial charge in [0.15, 0.2) is 0 Å². The fourth-order valence-corrected chi connectivity index (χ4v) is 2.83. The molecule has 0 aliphatic heterocycles. The van der Waals surface area contributed by atoms with Crippen LogP contribution < -0.4 is 15.4 Å². The number of ether oxygens (including phenoxy) is 1. The minimum absolute atomic E-state index is 0.0107. The lowest BCUT2D eigenvalue weighted by atomic mass is 10.1. The van der Waals surface area contributed by atoms with Crippen molar-refractivity contribution in [1.29, 1.82) is 0 Å². The van der Waals surface area contributed by atoms with Crippen LogP contribution >= 0.6 is 0 Å². The molecule has 32 heavy (non-hydrogen) atoms.